The van der Waals surface area contributed by atoms with Crippen LogP contribution >= 0.6 is 20.6 Å². The van der Waals surface area contributed by atoms with Gasteiger partial charge in [-0.25, -0.2) is 0 Å². The third kappa shape index (κ3) is 3.97. The summed E-state index contributed by atoms with van der Waals surface area (Å²) in [5.74, 6) is 0. The fraction of sp³-hybridized carbons (Fsp3) is 0. The third-order valence-electron chi connectivity index (χ3n) is 2.40. The van der Waals surface area contributed by atoms with Crippen LogP contribution in [0.2, 0.25) is 0 Å². The van der Waals surface area contributed by atoms with Crippen molar-refractivity contribution in [1.29, 1.82) is 0 Å². The molecule has 0 aromatic heterocycles. The monoisotopic (exact) mass is 423 g/mol. The molecule has 0 aliphatic carbocycles. The quantitative estimate of drug-likeness (QED) is 0.450. The van der Waals surface area contributed by atoms with E-state index in [0.29, 0.717) is 3.57 Å². The Hall–Kier alpha value is -1.56. The molecule has 0 radical (unpaired) electrons. The maximum atomic E-state index is 12.0. The molecule has 1 N–H and O–H groups in total. The van der Waals surface area contributed by atoms with Crippen molar-refractivity contribution < 1.29 is 19.3 Å². The van der Waals surface area contributed by atoms with Gasteiger partial charge in [0.05, 0.1) is 0 Å². The standard InChI is InChI=1S/C12H10INO6S/c15-13(10-4-2-1-3-5-10)20-21(18,19)12-8-6-11(7-9-12)14(16)17/h1-9,15H. The van der Waals surface area contributed by atoms with Crippen LogP contribution in [0.3, 0.4) is 0 Å². The Morgan fingerprint density at radius 2 is 1.62 bits per heavy atom. The van der Waals surface area contributed by atoms with E-state index in [1.165, 1.54) is 0 Å². The fourth-order valence-corrected chi connectivity index (χ4v) is 5.80. The summed E-state index contributed by atoms with van der Waals surface area (Å²) in [4.78, 5) is 9.65. The zero-order valence-corrected chi connectivity index (χ0v) is 13.4. The van der Waals surface area contributed by atoms with Crippen LogP contribution in [0.1, 0.15) is 0 Å². The van der Waals surface area contributed by atoms with Crippen molar-refractivity contribution in [3.63, 3.8) is 0 Å². The predicted octanol–water partition coefficient (Wildman–Crippen LogP) is 2.50. The van der Waals surface area contributed by atoms with E-state index >= 15 is 0 Å². The Balaban J connectivity index is 2.20. The molecule has 0 amide bonds. The second-order valence-electron chi connectivity index (χ2n) is 3.79. The van der Waals surface area contributed by atoms with E-state index in [9.17, 15) is 22.0 Å². The van der Waals surface area contributed by atoms with Crippen molar-refractivity contribution in [2.24, 2.45) is 0 Å². The second kappa shape index (κ2) is 6.47. The fourth-order valence-electron chi connectivity index (χ4n) is 1.41. The van der Waals surface area contributed by atoms with Gasteiger partial charge in [0, 0.05) is 0 Å². The van der Waals surface area contributed by atoms with Gasteiger partial charge in [-0.3, -0.25) is 0 Å². The molecule has 2 rings (SSSR count). The molecule has 112 valence electrons. The van der Waals surface area contributed by atoms with Crippen molar-refractivity contribution in [3.05, 3.63) is 68.3 Å². The van der Waals surface area contributed by atoms with E-state index < -0.39 is 35.7 Å². The normalized spacial score (nSPS) is 12.0. The van der Waals surface area contributed by atoms with Crippen LogP contribution in [0, 0.1) is 13.7 Å². The van der Waals surface area contributed by atoms with E-state index in [-0.39, 0.29) is 10.6 Å². The van der Waals surface area contributed by atoms with Gasteiger partial charge < -0.3 is 0 Å². The maximum absolute atomic E-state index is 12.0. The van der Waals surface area contributed by atoms with Gasteiger partial charge in [-0.05, 0) is 0 Å². The molecule has 2 aromatic rings. The number of nitro groups is 1. The number of hydrogen-bond acceptors (Lipinski definition) is 6. The summed E-state index contributed by atoms with van der Waals surface area (Å²) in [5, 5.41) is 10.5. The molecular weight excluding hydrogens is 413 g/mol. The van der Waals surface area contributed by atoms with E-state index in [0.717, 1.165) is 24.3 Å². The van der Waals surface area contributed by atoms with E-state index in [1.54, 1.807) is 30.3 Å². The molecule has 0 spiro atoms. The van der Waals surface area contributed by atoms with Crippen LogP contribution < -0.4 is 0 Å². The van der Waals surface area contributed by atoms with Gasteiger partial charge in [0.1, 0.15) is 0 Å². The summed E-state index contributed by atoms with van der Waals surface area (Å²) in [5.41, 5.74) is -0.226. The van der Waals surface area contributed by atoms with Gasteiger partial charge in [0.2, 0.25) is 0 Å². The Labute approximate surface area is 128 Å². The summed E-state index contributed by atoms with van der Waals surface area (Å²) >= 11 is -3.30. The molecule has 0 saturated carbocycles. The second-order valence-corrected chi connectivity index (χ2v) is 8.94. The Morgan fingerprint density at radius 1 is 1.05 bits per heavy atom. The van der Waals surface area contributed by atoms with Gasteiger partial charge in [0.15, 0.2) is 0 Å². The summed E-state index contributed by atoms with van der Waals surface area (Å²) in [6.45, 7) is 0. The van der Waals surface area contributed by atoms with Crippen molar-refractivity contribution >= 4 is 36.5 Å². The topological polar surface area (TPSA) is 107 Å². The van der Waals surface area contributed by atoms with Crippen molar-refractivity contribution in [3.8, 4) is 0 Å². The minimum absolute atomic E-state index is 0.226. The number of non-ortho nitro benzene ring substituents is 1. The molecule has 0 aliphatic rings. The molecule has 0 saturated heterocycles. The SMILES string of the molecule is O=[N+]([O-])c1ccc(S(=O)(=O)OI(O)c2ccccc2)cc1. The first-order valence-electron chi connectivity index (χ1n) is 5.54. The molecule has 0 fully saturated rings. The molecule has 7 nitrogen and oxygen atoms in total. The summed E-state index contributed by atoms with van der Waals surface area (Å²) in [6, 6.07) is 12.5. The molecule has 0 heterocycles. The molecule has 2 aromatic carbocycles. The van der Waals surface area contributed by atoms with Gasteiger partial charge in [-0.2, -0.15) is 0 Å². The van der Waals surface area contributed by atoms with Gasteiger partial charge in [0.25, 0.3) is 0 Å². The van der Waals surface area contributed by atoms with Crippen LogP contribution in [0.4, 0.5) is 5.69 Å². The number of benzene rings is 2. The van der Waals surface area contributed by atoms with Gasteiger partial charge >= 0.3 is 129 Å². The molecule has 9 heteroatoms. The first-order chi connectivity index (χ1) is 9.90. The number of nitrogens with zero attached hydrogens (tertiary/aromatic N) is 1. The average Bonchev–Trinajstić information content (AvgIpc) is 2.48. The van der Waals surface area contributed by atoms with Gasteiger partial charge in [-0.15, -0.1) is 0 Å². The third-order valence-corrected chi connectivity index (χ3v) is 7.76. The summed E-state index contributed by atoms with van der Waals surface area (Å²) in [7, 11) is -4.15. The Bertz CT molecular complexity index is 732. The number of halogens is 1. The molecule has 0 unspecified atom stereocenters. The predicted molar refractivity (Wildman–Crippen MR) is 82.7 cm³/mol. The van der Waals surface area contributed by atoms with Crippen LogP contribution in [0.15, 0.2) is 59.5 Å². The molecule has 0 aliphatic heterocycles. The van der Waals surface area contributed by atoms with Crippen molar-refractivity contribution in [1.82, 2.24) is 0 Å². The minimum atomic E-state index is -4.15. The van der Waals surface area contributed by atoms with Gasteiger partial charge in [-0.1, -0.05) is 0 Å². The van der Waals surface area contributed by atoms with Crippen molar-refractivity contribution in [2.75, 3.05) is 0 Å². The molecule has 0 bridgehead atoms. The number of rotatable bonds is 5. The van der Waals surface area contributed by atoms with Crippen LogP contribution in [0.5, 0.6) is 0 Å². The molecule has 21 heavy (non-hydrogen) atoms. The Morgan fingerprint density at radius 3 is 2.14 bits per heavy atom. The van der Waals surface area contributed by atoms with E-state index in [4.69, 9.17) is 2.51 Å². The Kier molecular flexibility index (Phi) is 4.88. The zero-order chi connectivity index (χ0) is 15.5. The molecular formula is C12H10INO6S. The summed E-state index contributed by atoms with van der Waals surface area (Å²) in [6.07, 6.45) is 0. The molecule has 0 atom stereocenters. The first kappa shape index (κ1) is 15.8. The van der Waals surface area contributed by atoms with Crippen LogP contribution in [-0.4, -0.2) is 16.8 Å². The van der Waals surface area contributed by atoms with Crippen LogP contribution in [-0.2, 0) is 12.6 Å². The summed E-state index contributed by atoms with van der Waals surface area (Å²) < 4.78 is 39.1. The van der Waals surface area contributed by atoms with Crippen molar-refractivity contribution in [2.45, 2.75) is 4.90 Å². The first-order valence-corrected chi connectivity index (χ1v) is 9.87. The van der Waals surface area contributed by atoms with E-state index in [2.05, 4.69) is 0 Å². The van der Waals surface area contributed by atoms with Crippen LogP contribution in [0.25, 0.3) is 0 Å². The average molecular weight is 423 g/mol. The number of nitro benzene ring substituents is 1. The number of hydrogen-bond donors (Lipinski definition) is 1. The zero-order valence-electron chi connectivity index (χ0n) is 10.4. The van der Waals surface area contributed by atoms with E-state index in [1.807, 2.05) is 0 Å².